The number of benzene rings is 2. The number of phenolic OH excluding ortho intramolecular Hbond substituents is 1. The molecule has 0 amide bonds. The Labute approximate surface area is 109 Å². The zero-order chi connectivity index (χ0) is 13.0. The van der Waals surface area contributed by atoms with Gasteiger partial charge in [0.05, 0.1) is 0 Å². The molecule has 2 rings (SSSR count). The monoisotopic (exact) mass is 240 g/mol. The molecule has 0 saturated heterocycles. The fraction of sp³-hybridized carbons (Fsp3) is 0.294. The van der Waals surface area contributed by atoms with E-state index in [0.29, 0.717) is 5.75 Å². The van der Waals surface area contributed by atoms with E-state index in [1.165, 1.54) is 11.1 Å². The molecule has 0 aromatic heterocycles. The van der Waals surface area contributed by atoms with Crippen LogP contribution in [0.4, 0.5) is 0 Å². The van der Waals surface area contributed by atoms with Gasteiger partial charge in [-0.25, -0.2) is 0 Å². The zero-order valence-electron chi connectivity index (χ0n) is 11.1. The minimum Gasteiger partial charge on any atom is -0.508 e. The number of hydrogen-bond acceptors (Lipinski definition) is 1. The van der Waals surface area contributed by atoms with Crippen LogP contribution >= 0.6 is 0 Å². The van der Waals surface area contributed by atoms with Gasteiger partial charge in [-0.15, -0.1) is 0 Å². The lowest BCUT2D eigenvalue weighted by molar-refractivity contribution is 0.462. The van der Waals surface area contributed by atoms with E-state index in [1.54, 1.807) is 6.07 Å². The van der Waals surface area contributed by atoms with Crippen molar-refractivity contribution < 1.29 is 5.11 Å². The summed E-state index contributed by atoms with van der Waals surface area (Å²) in [4.78, 5) is 0. The van der Waals surface area contributed by atoms with Gasteiger partial charge >= 0.3 is 0 Å². The summed E-state index contributed by atoms with van der Waals surface area (Å²) in [6.07, 6.45) is 2.16. The van der Waals surface area contributed by atoms with Crippen LogP contribution in [0.5, 0.6) is 5.75 Å². The third kappa shape index (κ3) is 2.73. The highest BCUT2D eigenvalue weighted by atomic mass is 16.3. The van der Waals surface area contributed by atoms with E-state index in [4.69, 9.17) is 0 Å². The normalized spacial score (nSPS) is 12.3. The molecule has 0 aliphatic carbocycles. The summed E-state index contributed by atoms with van der Waals surface area (Å²) in [5.74, 6) is 0.694. The van der Waals surface area contributed by atoms with Gasteiger partial charge in [0.25, 0.3) is 0 Å². The maximum atomic E-state index is 10.1. The van der Waals surface area contributed by atoms with Gasteiger partial charge in [0.1, 0.15) is 5.75 Å². The summed E-state index contributed by atoms with van der Waals surface area (Å²) in [6.45, 7) is 4.25. The largest absolute Gasteiger partial charge is 0.508 e. The average molecular weight is 240 g/mol. The van der Waals surface area contributed by atoms with Crippen LogP contribution in [0.3, 0.4) is 0 Å². The van der Waals surface area contributed by atoms with Crippen LogP contribution in [-0.2, 0) is 0 Å². The molecule has 2 aromatic rings. The second kappa shape index (κ2) is 5.72. The first-order valence-corrected chi connectivity index (χ1v) is 6.57. The number of hydrogen-bond donors (Lipinski definition) is 1. The highest BCUT2D eigenvalue weighted by Gasteiger charge is 2.16. The van der Waals surface area contributed by atoms with Gasteiger partial charge in [0.15, 0.2) is 0 Å². The highest BCUT2D eigenvalue weighted by molar-refractivity contribution is 5.43. The van der Waals surface area contributed by atoms with Gasteiger partial charge in [0.2, 0.25) is 0 Å². The van der Waals surface area contributed by atoms with Crippen molar-refractivity contribution in [2.75, 3.05) is 0 Å². The zero-order valence-corrected chi connectivity index (χ0v) is 11.1. The van der Waals surface area contributed by atoms with Gasteiger partial charge in [-0.2, -0.15) is 0 Å². The Morgan fingerprint density at radius 2 is 1.78 bits per heavy atom. The summed E-state index contributed by atoms with van der Waals surface area (Å²) in [5.41, 5.74) is 3.52. The van der Waals surface area contributed by atoms with Gasteiger partial charge in [-0.1, -0.05) is 61.4 Å². The van der Waals surface area contributed by atoms with Crippen molar-refractivity contribution in [3.05, 3.63) is 65.2 Å². The van der Waals surface area contributed by atoms with E-state index >= 15 is 0 Å². The molecule has 0 aliphatic rings. The molecule has 94 valence electrons. The molecule has 1 nitrogen and oxygen atoms in total. The molecule has 0 aliphatic heterocycles. The number of aromatic hydroxyl groups is 1. The molecule has 0 saturated carbocycles. The Balaban J connectivity index is 2.44. The van der Waals surface area contributed by atoms with Crippen molar-refractivity contribution in [1.82, 2.24) is 0 Å². The molecule has 0 bridgehead atoms. The molecule has 0 radical (unpaired) electrons. The first-order chi connectivity index (χ1) is 8.72. The van der Waals surface area contributed by atoms with Crippen LogP contribution in [0, 0.1) is 6.92 Å². The molecule has 1 unspecified atom stereocenters. The minimum atomic E-state index is 0.288. The average Bonchev–Trinajstić information content (AvgIpc) is 2.40. The lowest BCUT2D eigenvalue weighted by Crippen LogP contribution is -2.01. The van der Waals surface area contributed by atoms with Crippen molar-refractivity contribution in [3.8, 4) is 5.75 Å². The van der Waals surface area contributed by atoms with Crippen LogP contribution in [0.25, 0.3) is 0 Å². The number of rotatable bonds is 4. The molecular formula is C17H20O. The lowest BCUT2D eigenvalue weighted by atomic mass is 9.86. The predicted octanol–water partition coefficient (Wildman–Crippen LogP) is 4.63. The van der Waals surface area contributed by atoms with Crippen molar-refractivity contribution in [3.63, 3.8) is 0 Å². The van der Waals surface area contributed by atoms with E-state index in [1.807, 2.05) is 12.1 Å². The molecule has 1 heteroatoms. The Hall–Kier alpha value is -1.76. The fourth-order valence-corrected chi connectivity index (χ4v) is 2.43. The summed E-state index contributed by atoms with van der Waals surface area (Å²) in [6, 6.07) is 16.3. The van der Waals surface area contributed by atoms with Crippen LogP contribution < -0.4 is 0 Å². The van der Waals surface area contributed by atoms with Crippen LogP contribution in [0.15, 0.2) is 48.5 Å². The van der Waals surface area contributed by atoms with E-state index in [9.17, 15) is 5.11 Å². The van der Waals surface area contributed by atoms with Gasteiger partial charge < -0.3 is 5.11 Å². The first-order valence-electron chi connectivity index (χ1n) is 6.57. The van der Waals surface area contributed by atoms with Crippen molar-refractivity contribution in [2.24, 2.45) is 0 Å². The van der Waals surface area contributed by atoms with Gasteiger partial charge in [-0.05, 0) is 25.0 Å². The minimum absolute atomic E-state index is 0.288. The lowest BCUT2D eigenvalue weighted by Gasteiger charge is -2.19. The van der Waals surface area contributed by atoms with Crippen molar-refractivity contribution >= 4 is 0 Å². The summed E-state index contributed by atoms with van der Waals surface area (Å²) in [5, 5.41) is 10.1. The maximum Gasteiger partial charge on any atom is 0.119 e. The number of aryl methyl sites for hydroxylation is 1. The van der Waals surface area contributed by atoms with Crippen LogP contribution in [0.1, 0.15) is 42.4 Å². The van der Waals surface area contributed by atoms with Crippen LogP contribution in [0.2, 0.25) is 0 Å². The second-order valence-corrected chi connectivity index (χ2v) is 4.81. The highest BCUT2D eigenvalue weighted by Crippen LogP contribution is 2.35. The molecule has 0 heterocycles. The molecule has 2 aromatic carbocycles. The van der Waals surface area contributed by atoms with E-state index in [0.717, 1.165) is 18.4 Å². The second-order valence-electron chi connectivity index (χ2n) is 4.81. The summed E-state index contributed by atoms with van der Waals surface area (Å²) < 4.78 is 0. The molecule has 0 spiro atoms. The van der Waals surface area contributed by atoms with Crippen molar-refractivity contribution in [2.45, 2.75) is 32.6 Å². The summed E-state index contributed by atoms with van der Waals surface area (Å²) in [7, 11) is 0. The molecular weight excluding hydrogens is 220 g/mol. The number of phenols is 1. The van der Waals surface area contributed by atoms with Crippen molar-refractivity contribution in [1.29, 1.82) is 0 Å². The topological polar surface area (TPSA) is 20.2 Å². The SMILES string of the molecule is CCCC(c1ccccc1)c1cc(C)ccc1O. The Morgan fingerprint density at radius 1 is 1.06 bits per heavy atom. The molecule has 18 heavy (non-hydrogen) atoms. The fourth-order valence-electron chi connectivity index (χ4n) is 2.43. The van der Waals surface area contributed by atoms with Gasteiger partial charge in [-0.3, -0.25) is 0 Å². The maximum absolute atomic E-state index is 10.1. The van der Waals surface area contributed by atoms with Crippen LogP contribution in [-0.4, -0.2) is 5.11 Å². The van der Waals surface area contributed by atoms with Gasteiger partial charge in [0, 0.05) is 11.5 Å². The third-order valence-electron chi connectivity index (χ3n) is 3.34. The Bertz CT molecular complexity index is 502. The molecule has 1 N–H and O–H groups in total. The first kappa shape index (κ1) is 12.7. The Kier molecular flexibility index (Phi) is 4.03. The quantitative estimate of drug-likeness (QED) is 0.826. The predicted molar refractivity (Wildman–Crippen MR) is 76.0 cm³/mol. The Morgan fingerprint density at radius 3 is 2.44 bits per heavy atom. The van der Waals surface area contributed by atoms with E-state index < -0.39 is 0 Å². The smallest absolute Gasteiger partial charge is 0.119 e. The standard InChI is InChI=1S/C17H20O/c1-3-7-15(14-8-5-4-6-9-14)16-12-13(2)10-11-17(16)18/h4-6,8-12,15,18H,3,7H2,1-2H3. The summed E-state index contributed by atoms with van der Waals surface area (Å²) >= 11 is 0. The van der Waals surface area contributed by atoms with E-state index in [2.05, 4.69) is 44.2 Å². The van der Waals surface area contributed by atoms with E-state index in [-0.39, 0.29) is 5.92 Å². The molecule has 0 fully saturated rings. The third-order valence-corrected chi connectivity index (χ3v) is 3.34. The molecule has 1 atom stereocenters.